The summed E-state index contributed by atoms with van der Waals surface area (Å²) in [4.78, 5) is 12.5. The van der Waals surface area contributed by atoms with Gasteiger partial charge in [0, 0.05) is 0 Å². The van der Waals surface area contributed by atoms with E-state index in [1.54, 1.807) is 12.1 Å². The highest BCUT2D eigenvalue weighted by Gasteiger charge is 2.28. The van der Waals surface area contributed by atoms with Crippen LogP contribution in [0.4, 0.5) is 4.39 Å². The quantitative estimate of drug-likeness (QED) is 0.422. The first-order valence-electron chi connectivity index (χ1n) is 10.1. The lowest BCUT2D eigenvalue weighted by Crippen LogP contribution is -2.26. The van der Waals surface area contributed by atoms with Gasteiger partial charge in [-0.25, -0.2) is 4.39 Å². The summed E-state index contributed by atoms with van der Waals surface area (Å²) in [6, 6.07) is 13.8. The molecule has 0 aromatic heterocycles. The second-order valence-corrected chi connectivity index (χ2v) is 7.92. The van der Waals surface area contributed by atoms with Crippen molar-refractivity contribution >= 4 is 5.97 Å². The molecule has 3 rings (SSSR count). The van der Waals surface area contributed by atoms with E-state index in [2.05, 4.69) is 13.8 Å². The Labute approximate surface area is 161 Å². The Morgan fingerprint density at radius 1 is 1.00 bits per heavy atom. The van der Waals surface area contributed by atoms with E-state index in [0.29, 0.717) is 5.75 Å². The summed E-state index contributed by atoms with van der Waals surface area (Å²) >= 11 is 0. The molecule has 1 aliphatic carbocycles. The van der Waals surface area contributed by atoms with Crippen LogP contribution in [-0.4, -0.2) is 5.97 Å². The molecular weight excluding hydrogens is 339 g/mol. The van der Waals surface area contributed by atoms with Gasteiger partial charge in [0.2, 0.25) is 0 Å². The van der Waals surface area contributed by atoms with Crippen molar-refractivity contribution in [2.45, 2.75) is 52.4 Å². The average Bonchev–Trinajstić information content (AvgIpc) is 2.69. The summed E-state index contributed by atoms with van der Waals surface area (Å²) < 4.78 is 18.6. The molecule has 1 atom stereocenters. The number of hydrogen-bond donors (Lipinski definition) is 0. The second-order valence-electron chi connectivity index (χ2n) is 7.92. The molecule has 2 aromatic carbocycles. The molecule has 0 heterocycles. The maximum absolute atomic E-state index is 13.0. The normalized spacial score (nSPS) is 20.9. The Balaban J connectivity index is 1.52. The summed E-state index contributed by atoms with van der Waals surface area (Å²) in [7, 11) is 0. The van der Waals surface area contributed by atoms with Crippen LogP contribution in [0.3, 0.4) is 0 Å². The lowest BCUT2D eigenvalue weighted by Gasteiger charge is -2.28. The van der Waals surface area contributed by atoms with Crippen LogP contribution in [-0.2, 0) is 4.79 Å². The van der Waals surface area contributed by atoms with Crippen LogP contribution in [0.15, 0.2) is 48.5 Å². The van der Waals surface area contributed by atoms with Gasteiger partial charge in [-0.15, -0.1) is 0 Å². The average molecular weight is 368 g/mol. The third-order valence-electron chi connectivity index (χ3n) is 5.86. The lowest BCUT2D eigenvalue weighted by molar-refractivity contribution is -0.140. The summed E-state index contributed by atoms with van der Waals surface area (Å²) in [5, 5.41) is 0. The van der Waals surface area contributed by atoms with Crippen molar-refractivity contribution < 1.29 is 13.9 Å². The van der Waals surface area contributed by atoms with Crippen molar-refractivity contribution in [1.82, 2.24) is 0 Å². The highest BCUT2D eigenvalue weighted by molar-refractivity contribution is 5.75. The van der Waals surface area contributed by atoms with E-state index in [-0.39, 0.29) is 17.7 Å². The minimum Gasteiger partial charge on any atom is -0.426 e. The Morgan fingerprint density at radius 2 is 1.56 bits per heavy atom. The Hall–Kier alpha value is -2.16. The fourth-order valence-corrected chi connectivity index (χ4v) is 3.93. The summed E-state index contributed by atoms with van der Waals surface area (Å²) in [6.07, 6.45) is 6.65. The van der Waals surface area contributed by atoms with Crippen LogP contribution < -0.4 is 4.74 Å². The third kappa shape index (κ3) is 5.41. The van der Waals surface area contributed by atoms with Gasteiger partial charge in [0.05, 0.1) is 5.92 Å². The number of carbonyl (C=O) groups is 1. The smallest absolute Gasteiger partial charge is 0.314 e. The predicted octanol–water partition coefficient (Wildman–Crippen LogP) is 6.64. The minimum atomic E-state index is -0.247. The van der Waals surface area contributed by atoms with Gasteiger partial charge < -0.3 is 4.74 Å². The minimum absolute atomic E-state index is 0.0231. The van der Waals surface area contributed by atoms with Crippen LogP contribution in [0.25, 0.3) is 11.1 Å². The van der Waals surface area contributed by atoms with Gasteiger partial charge in [-0.05, 0) is 79.3 Å². The fraction of sp³-hybridized carbons (Fsp3) is 0.458. The van der Waals surface area contributed by atoms with Crippen LogP contribution in [0, 0.1) is 23.6 Å². The molecule has 2 nitrogen and oxygen atoms in total. The molecule has 27 heavy (non-hydrogen) atoms. The molecule has 1 saturated carbocycles. The first kappa shape index (κ1) is 19.6. The van der Waals surface area contributed by atoms with E-state index in [9.17, 15) is 9.18 Å². The molecule has 144 valence electrons. The molecule has 2 aromatic rings. The molecule has 0 N–H and O–H groups in total. The van der Waals surface area contributed by atoms with Crippen molar-refractivity contribution in [3.63, 3.8) is 0 Å². The molecule has 1 fully saturated rings. The van der Waals surface area contributed by atoms with E-state index in [4.69, 9.17) is 4.74 Å². The fourth-order valence-electron chi connectivity index (χ4n) is 3.93. The van der Waals surface area contributed by atoms with E-state index in [0.717, 1.165) is 48.6 Å². The first-order chi connectivity index (χ1) is 13.0. The number of hydrogen-bond acceptors (Lipinski definition) is 2. The van der Waals surface area contributed by atoms with Crippen LogP contribution in [0.1, 0.15) is 52.4 Å². The van der Waals surface area contributed by atoms with Gasteiger partial charge in [0.15, 0.2) is 0 Å². The number of halogens is 1. The van der Waals surface area contributed by atoms with Gasteiger partial charge in [-0.2, -0.15) is 0 Å². The highest BCUT2D eigenvalue weighted by Crippen LogP contribution is 2.34. The summed E-state index contributed by atoms with van der Waals surface area (Å²) in [5.74, 6) is 1.79. The maximum atomic E-state index is 13.0. The number of benzene rings is 2. The molecule has 0 bridgehead atoms. The monoisotopic (exact) mass is 368 g/mol. The van der Waals surface area contributed by atoms with Crippen molar-refractivity contribution in [3.05, 3.63) is 54.3 Å². The molecule has 3 heteroatoms. The molecular formula is C24H29FO2. The summed E-state index contributed by atoms with van der Waals surface area (Å²) in [5.41, 5.74) is 1.91. The second kappa shape index (κ2) is 9.16. The molecule has 0 saturated heterocycles. The van der Waals surface area contributed by atoms with E-state index >= 15 is 0 Å². The number of carbonyl (C=O) groups excluding carboxylic acids is 1. The largest absolute Gasteiger partial charge is 0.426 e. The van der Waals surface area contributed by atoms with Crippen LogP contribution in [0.2, 0.25) is 0 Å². The molecule has 0 amide bonds. The molecule has 1 aliphatic rings. The number of esters is 1. The third-order valence-corrected chi connectivity index (χ3v) is 5.86. The zero-order valence-electron chi connectivity index (χ0n) is 16.3. The van der Waals surface area contributed by atoms with E-state index < -0.39 is 0 Å². The summed E-state index contributed by atoms with van der Waals surface area (Å²) in [6.45, 7) is 4.56. The Bertz CT molecular complexity index is 728. The van der Waals surface area contributed by atoms with Gasteiger partial charge in [0.25, 0.3) is 0 Å². The van der Waals surface area contributed by atoms with Crippen molar-refractivity contribution in [1.29, 1.82) is 0 Å². The Morgan fingerprint density at radius 3 is 2.11 bits per heavy atom. The van der Waals surface area contributed by atoms with Crippen molar-refractivity contribution in [2.24, 2.45) is 17.8 Å². The van der Waals surface area contributed by atoms with Crippen molar-refractivity contribution in [3.8, 4) is 16.9 Å². The number of rotatable bonds is 6. The molecule has 0 radical (unpaired) electrons. The van der Waals surface area contributed by atoms with Crippen molar-refractivity contribution in [2.75, 3.05) is 0 Å². The Kier molecular flexibility index (Phi) is 6.65. The van der Waals surface area contributed by atoms with Gasteiger partial charge in [-0.3, -0.25) is 4.79 Å². The van der Waals surface area contributed by atoms with Gasteiger partial charge in [0.1, 0.15) is 11.6 Å². The maximum Gasteiger partial charge on any atom is 0.314 e. The van der Waals surface area contributed by atoms with Crippen LogP contribution in [0.5, 0.6) is 5.75 Å². The van der Waals surface area contributed by atoms with E-state index in [1.165, 1.54) is 25.0 Å². The van der Waals surface area contributed by atoms with E-state index in [1.807, 2.05) is 24.3 Å². The zero-order valence-corrected chi connectivity index (χ0v) is 16.3. The molecule has 0 aliphatic heterocycles. The standard InChI is InChI=1S/C24H29FO2/c1-3-17(2)16-18-4-6-21(7-5-18)24(26)27-23-14-10-20(11-15-23)19-8-12-22(25)13-9-19/h8-15,17-18,21H,3-7,16H2,1-2H3. The first-order valence-corrected chi connectivity index (χ1v) is 10.1. The van der Waals surface area contributed by atoms with Crippen LogP contribution >= 0.6 is 0 Å². The number of ether oxygens (including phenoxy) is 1. The van der Waals surface area contributed by atoms with Gasteiger partial charge in [-0.1, -0.05) is 44.5 Å². The van der Waals surface area contributed by atoms with Gasteiger partial charge >= 0.3 is 5.97 Å². The molecule has 0 spiro atoms. The SMILES string of the molecule is CCC(C)CC1CCC(C(=O)Oc2ccc(-c3ccc(F)cc3)cc2)CC1. The molecule has 1 unspecified atom stereocenters. The highest BCUT2D eigenvalue weighted by atomic mass is 19.1. The zero-order chi connectivity index (χ0) is 19.2. The predicted molar refractivity (Wildman–Crippen MR) is 107 cm³/mol. The lowest BCUT2D eigenvalue weighted by atomic mass is 9.78. The topological polar surface area (TPSA) is 26.3 Å².